The topological polar surface area (TPSA) is 127 Å². The van der Waals surface area contributed by atoms with Crippen LogP contribution in [-0.2, 0) is 25.9 Å². The van der Waals surface area contributed by atoms with Crippen molar-refractivity contribution in [2.75, 3.05) is 56.3 Å². The highest BCUT2D eigenvalue weighted by Crippen LogP contribution is 2.29. The van der Waals surface area contributed by atoms with Crippen molar-refractivity contribution >= 4 is 45.6 Å². The summed E-state index contributed by atoms with van der Waals surface area (Å²) >= 11 is 4.02. The zero-order valence-corrected chi connectivity index (χ0v) is 39.1. The van der Waals surface area contributed by atoms with E-state index in [2.05, 4.69) is 67.9 Å². The zero-order chi connectivity index (χ0) is 42.7. The van der Waals surface area contributed by atoms with Crippen molar-refractivity contribution in [2.45, 2.75) is 132 Å². The number of sulfone groups is 1. The number of thioether (sulfide) groups is 2. The molecule has 2 unspecified atom stereocenters. The predicted molar refractivity (Wildman–Crippen MR) is 245 cm³/mol. The van der Waals surface area contributed by atoms with Gasteiger partial charge < -0.3 is 15.6 Å². The number of benzene rings is 2. The van der Waals surface area contributed by atoms with Crippen molar-refractivity contribution in [3.63, 3.8) is 0 Å². The van der Waals surface area contributed by atoms with Crippen molar-refractivity contribution in [1.82, 2.24) is 4.90 Å². The average Bonchev–Trinajstić information content (AvgIpc) is 3.59. The molecule has 2 aliphatic rings. The van der Waals surface area contributed by atoms with Crippen LogP contribution < -0.4 is 5.73 Å². The monoisotopic (exact) mass is 829 g/mol. The van der Waals surface area contributed by atoms with Crippen LogP contribution in [0, 0.1) is 12.8 Å². The number of ether oxygens (including phenoxy) is 1. The molecule has 2 fully saturated rings. The number of rotatable bonds is 13. The molecular formula is C44H80N2O6S3. The van der Waals surface area contributed by atoms with E-state index < -0.39 is 21.8 Å². The highest BCUT2D eigenvalue weighted by atomic mass is 32.2. The largest absolute Gasteiger partial charge is 0.480 e. The molecule has 55 heavy (non-hydrogen) atoms. The molecule has 0 amide bonds. The predicted octanol–water partition coefficient (Wildman–Crippen LogP) is 10.7. The maximum Gasteiger partial charge on any atom is 0.320 e. The summed E-state index contributed by atoms with van der Waals surface area (Å²) in [4.78, 5) is 24.0. The van der Waals surface area contributed by atoms with Crippen LogP contribution in [0.2, 0.25) is 0 Å². The lowest BCUT2D eigenvalue weighted by Crippen LogP contribution is -2.32. The van der Waals surface area contributed by atoms with Crippen LogP contribution in [0.3, 0.4) is 0 Å². The van der Waals surface area contributed by atoms with E-state index in [1.807, 2.05) is 69.4 Å². The van der Waals surface area contributed by atoms with E-state index >= 15 is 0 Å². The van der Waals surface area contributed by atoms with Gasteiger partial charge in [-0.1, -0.05) is 97.2 Å². The number of nitrogens with zero attached hydrogens (tertiary/aromatic N) is 1. The number of hydrogen-bond acceptors (Lipinski definition) is 9. The van der Waals surface area contributed by atoms with E-state index in [1.165, 1.54) is 86.3 Å². The van der Waals surface area contributed by atoms with Crippen LogP contribution >= 0.6 is 23.5 Å². The summed E-state index contributed by atoms with van der Waals surface area (Å²) in [5.74, 6) is 3.72. The minimum atomic E-state index is -3.10. The summed E-state index contributed by atoms with van der Waals surface area (Å²) in [5.41, 5.74) is 10.5. The van der Waals surface area contributed by atoms with E-state index in [9.17, 15) is 18.0 Å². The second kappa shape index (κ2) is 37.7. The Labute approximate surface area is 346 Å². The Morgan fingerprint density at radius 2 is 1.60 bits per heavy atom. The molecular weight excluding hydrogens is 749 g/mol. The average molecular weight is 829 g/mol. The number of likely N-dealkylation sites (tertiary alicyclic amines) is 1. The molecule has 0 bridgehead atoms. The Morgan fingerprint density at radius 1 is 1.00 bits per heavy atom. The second-order valence-electron chi connectivity index (χ2n) is 13.2. The van der Waals surface area contributed by atoms with Crippen molar-refractivity contribution in [1.29, 1.82) is 0 Å². The number of aliphatic carboxylic acids is 1. The smallest absolute Gasteiger partial charge is 0.320 e. The highest BCUT2D eigenvalue weighted by Gasteiger charge is 2.20. The summed E-state index contributed by atoms with van der Waals surface area (Å²) in [7, 11) is 0.154. The standard InChI is InChI=1S/C20H23NO.C8H16S.C5H11NO4S.C5H12S.C2H6O.2C2H6/c1-15-6-3-4-8-19(15)20-12-17(9-10-18(20)14-22)13-21-11-5-7-16(21)2;1-9-7-8-5-3-2-4-6-8;1-11(9,10)3-2-4(6)5(7)8;1-3-5-6-4-2;1-3-2;2*1-2/h3-4,6,8-10,12,14,16H,5,7,11,13H2,1-2H3;8H,2-7H2,1H3;4H,2-3,6H2,1H3,(H,7,8);3-5H2,1-2H3;1-2H3;2*1-2H3. The van der Waals surface area contributed by atoms with Gasteiger partial charge in [-0.05, 0) is 117 Å². The minimum Gasteiger partial charge on any atom is -0.480 e. The van der Waals surface area contributed by atoms with Gasteiger partial charge in [0.1, 0.15) is 15.9 Å². The van der Waals surface area contributed by atoms with Crippen molar-refractivity contribution in [2.24, 2.45) is 11.7 Å². The van der Waals surface area contributed by atoms with Gasteiger partial charge in [-0.25, -0.2) is 8.42 Å². The number of aldehydes is 1. The van der Waals surface area contributed by atoms with Gasteiger partial charge >= 0.3 is 5.97 Å². The van der Waals surface area contributed by atoms with Crippen LogP contribution in [0.15, 0.2) is 42.5 Å². The molecule has 1 saturated heterocycles. The highest BCUT2D eigenvalue weighted by molar-refractivity contribution is 7.99. The van der Waals surface area contributed by atoms with E-state index in [1.54, 1.807) is 14.2 Å². The molecule has 2 atom stereocenters. The number of hydrogen-bond donors (Lipinski definition) is 2. The summed E-state index contributed by atoms with van der Waals surface area (Å²) in [6.07, 6.45) is 15.6. The SMILES string of the molecule is CC.CC.CCCSCC.COC.CS(=O)(=O)CCC(N)C(=O)O.CSCC1CCCCC1.Cc1ccccc1-c1cc(CN2CCCC2C)ccc1C=O. The lowest BCUT2D eigenvalue weighted by atomic mass is 9.91. The normalized spacial score (nSPS) is 15.5. The third kappa shape index (κ3) is 29.9. The summed E-state index contributed by atoms with van der Waals surface area (Å²) in [5, 5.41) is 8.26. The van der Waals surface area contributed by atoms with Gasteiger partial charge in [0.2, 0.25) is 0 Å². The molecule has 0 radical (unpaired) electrons. The molecule has 4 rings (SSSR count). The molecule has 1 saturated carbocycles. The Kier molecular flexibility index (Phi) is 39.3. The molecule has 0 aromatic heterocycles. The zero-order valence-electron chi connectivity index (χ0n) is 36.7. The Hall–Kier alpha value is -1.89. The molecule has 1 aliphatic carbocycles. The first-order chi connectivity index (χ1) is 26.3. The molecule has 3 N–H and O–H groups in total. The third-order valence-corrected chi connectivity index (χ3v) is 11.4. The molecule has 1 aliphatic heterocycles. The minimum absolute atomic E-state index is 0.0336. The van der Waals surface area contributed by atoms with Crippen molar-refractivity contribution < 1.29 is 27.9 Å². The number of carbonyl (C=O) groups is 2. The first kappa shape index (κ1) is 57.4. The van der Waals surface area contributed by atoms with E-state index in [-0.39, 0.29) is 12.2 Å². The number of aryl methyl sites for hydroxylation is 1. The first-order valence-electron chi connectivity index (χ1n) is 20.3. The molecule has 1 heterocycles. The summed E-state index contributed by atoms with van der Waals surface area (Å²) in [6.45, 7) is 19.0. The molecule has 11 heteroatoms. The molecule has 8 nitrogen and oxygen atoms in total. The molecule has 320 valence electrons. The van der Waals surface area contributed by atoms with Crippen LogP contribution in [0.4, 0.5) is 0 Å². The lowest BCUT2D eigenvalue weighted by molar-refractivity contribution is -0.138. The van der Waals surface area contributed by atoms with Gasteiger partial charge in [0.05, 0.1) is 5.75 Å². The fourth-order valence-electron chi connectivity index (χ4n) is 5.72. The van der Waals surface area contributed by atoms with Gasteiger partial charge in [0.25, 0.3) is 0 Å². The van der Waals surface area contributed by atoms with Crippen LogP contribution in [0.25, 0.3) is 11.1 Å². The van der Waals surface area contributed by atoms with Crippen LogP contribution in [0.1, 0.15) is 128 Å². The molecule has 0 spiro atoms. The van der Waals surface area contributed by atoms with Crippen LogP contribution in [-0.4, -0.2) is 99.1 Å². The van der Waals surface area contributed by atoms with Crippen LogP contribution in [0.5, 0.6) is 0 Å². The van der Waals surface area contributed by atoms with E-state index in [0.29, 0.717) is 6.04 Å². The Balaban J connectivity index is -0.000000691. The lowest BCUT2D eigenvalue weighted by Gasteiger charge is -2.21. The number of carboxylic acids is 1. The van der Waals surface area contributed by atoms with E-state index in [4.69, 9.17) is 10.8 Å². The van der Waals surface area contributed by atoms with Gasteiger partial charge in [-0.2, -0.15) is 23.5 Å². The summed E-state index contributed by atoms with van der Waals surface area (Å²) in [6, 6.07) is 14.1. The fourth-order valence-corrected chi connectivity index (χ4v) is 7.78. The number of nitrogens with two attached hydrogens (primary N) is 1. The molecule has 2 aromatic rings. The fraction of sp³-hybridized carbons (Fsp3) is 0.682. The second-order valence-corrected chi connectivity index (χ2v) is 17.8. The van der Waals surface area contributed by atoms with Gasteiger partial charge in [-0.3, -0.25) is 14.5 Å². The number of carbonyl (C=O) groups excluding carboxylic acids is 1. The number of carboxylic acid groups (broad SMARTS) is 1. The first-order valence-corrected chi connectivity index (χ1v) is 24.9. The van der Waals surface area contributed by atoms with E-state index in [0.717, 1.165) is 41.7 Å². The Bertz CT molecular complexity index is 1310. The van der Waals surface area contributed by atoms with Crippen molar-refractivity contribution in [3.8, 4) is 11.1 Å². The number of methoxy groups -OCH3 is 1. The van der Waals surface area contributed by atoms with Crippen molar-refractivity contribution in [3.05, 3.63) is 59.2 Å². The van der Waals surface area contributed by atoms with Gasteiger partial charge in [0, 0.05) is 38.6 Å². The molecule has 2 aromatic carbocycles. The Morgan fingerprint density at radius 3 is 2.04 bits per heavy atom. The maximum absolute atomic E-state index is 11.4. The quantitative estimate of drug-likeness (QED) is 0.149. The third-order valence-electron chi connectivity index (χ3n) is 8.55. The van der Waals surface area contributed by atoms with Gasteiger partial charge in [-0.15, -0.1) is 0 Å². The summed E-state index contributed by atoms with van der Waals surface area (Å²) < 4.78 is 25.3. The maximum atomic E-state index is 11.4. The van der Waals surface area contributed by atoms with Gasteiger partial charge in [0.15, 0.2) is 6.29 Å².